The number of para-hydroxylation sites is 1. The number of anilines is 1. The van der Waals surface area contributed by atoms with Crippen molar-refractivity contribution in [3.8, 4) is 5.75 Å². The van der Waals surface area contributed by atoms with Crippen molar-refractivity contribution in [3.63, 3.8) is 0 Å². The van der Waals surface area contributed by atoms with Crippen molar-refractivity contribution in [1.29, 1.82) is 0 Å². The van der Waals surface area contributed by atoms with Crippen LogP contribution >= 0.6 is 0 Å². The van der Waals surface area contributed by atoms with Crippen LogP contribution in [0.1, 0.15) is 33.3 Å². The molecular formula is C29H34FN3O5S. The van der Waals surface area contributed by atoms with E-state index >= 15 is 0 Å². The van der Waals surface area contributed by atoms with Crippen molar-refractivity contribution in [2.24, 2.45) is 0 Å². The first-order valence-corrected chi connectivity index (χ1v) is 13.8. The van der Waals surface area contributed by atoms with Crippen molar-refractivity contribution in [2.45, 2.75) is 50.7 Å². The molecule has 3 rings (SSSR count). The quantitative estimate of drug-likeness (QED) is 0.401. The third-order valence-corrected chi connectivity index (χ3v) is 7.67. The lowest BCUT2D eigenvalue weighted by atomic mass is 10.1. The van der Waals surface area contributed by atoms with Crippen LogP contribution in [-0.4, -0.2) is 50.4 Å². The van der Waals surface area contributed by atoms with Crippen LogP contribution in [0, 0.1) is 5.82 Å². The number of hydrogen-bond donors (Lipinski definition) is 1. The standard InChI is InChI=1S/C29H34FN3O5S/c1-21(28(35)31-29(2,3)4)32(19-22-10-9-13-25(18-22)38-5)27(34)20-33(24-11-7-6-8-12-24)39(36,37)26-16-14-23(30)15-17-26/h6-18,21H,19-20H2,1-5H3,(H,31,35)/t21-/m0/s1. The molecule has 8 nitrogen and oxygen atoms in total. The average molecular weight is 556 g/mol. The number of nitrogens with zero attached hydrogens (tertiary/aromatic N) is 2. The van der Waals surface area contributed by atoms with E-state index in [1.165, 1.54) is 12.0 Å². The van der Waals surface area contributed by atoms with Crippen LogP contribution in [-0.2, 0) is 26.2 Å². The van der Waals surface area contributed by atoms with Crippen molar-refractivity contribution in [2.75, 3.05) is 18.0 Å². The molecule has 0 aliphatic heterocycles. The molecule has 0 radical (unpaired) electrons. The number of sulfonamides is 1. The second kappa shape index (κ2) is 12.3. The minimum atomic E-state index is -4.26. The first kappa shape index (κ1) is 29.6. The van der Waals surface area contributed by atoms with Gasteiger partial charge in [-0.05, 0) is 81.8 Å². The van der Waals surface area contributed by atoms with E-state index in [0.29, 0.717) is 11.3 Å². The van der Waals surface area contributed by atoms with Gasteiger partial charge in [-0.2, -0.15) is 0 Å². The van der Waals surface area contributed by atoms with Crippen LogP contribution in [0.2, 0.25) is 0 Å². The zero-order chi connectivity index (χ0) is 28.8. The Morgan fingerprint density at radius 1 is 0.974 bits per heavy atom. The van der Waals surface area contributed by atoms with E-state index in [4.69, 9.17) is 4.74 Å². The van der Waals surface area contributed by atoms with Gasteiger partial charge < -0.3 is 15.0 Å². The molecule has 0 unspecified atom stereocenters. The lowest BCUT2D eigenvalue weighted by Crippen LogP contribution is -2.54. The van der Waals surface area contributed by atoms with E-state index in [2.05, 4.69) is 5.32 Å². The molecule has 2 amide bonds. The molecule has 0 aliphatic carbocycles. The fourth-order valence-corrected chi connectivity index (χ4v) is 5.30. The van der Waals surface area contributed by atoms with Crippen LogP contribution in [0.3, 0.4) is 0 Å². The third kappa shape index (κ3) is 7.79. The van der Waals surface area contributed by atoms with Gasteiger partial charge in [-0.25, -0.2) is 12.8 Å². The molecule has 0 aliphatic rings. The summed E-state index contributed by atoms with van der Waals surface area (Å²) in [6.07, 6.45) is 0. The van der Waals surface area contributed by atoms with Crippen molar-refractivity contribution in [1.82, 2.24) is 10.2 Å². The van der Waals surface area contributed by atoms with Crippen molar-refractivity contribution >= 4 is 27.5 Å². The number of hydrogen-bond acceptors (Lipinski definition) is 5. The normalized spacial score (nSPS) is 12.4. The Kier molecular flexibility index (Phi) is 9.34. The number of halogens is 1. The summed E-state index contributed by atoms with van der Waals surface area (Å²) < 4.78 is 47.2. The highest BCUT2D eigenvalue weighted by molar-refractivity contribution is 7.92. The first-order chi connectivity index (χ1) is 18.3. The maximum atomic E-state index is 13.9. The van der Waals surface area contributed by atoms with Crippen LogP contribution in [0.25, 0.3) is 0 Å². The highest BCUT2D eigenvalue weighted by Crippen LogP contribution is 2.25. The number of methoxy groups -OCH3 is 1. The van der Waals surface area contributed by atoms with Gasteiger partial charge >= 0.3 is 0 Å². The van der Waals surface area contributed by atoms with Crippen LogP contribution < -0.4 is 14.4 Å². The Morgan fingerprint density at radius 3 is 2.21 bits per heavy atom. The van der Waals surface area contributed by atoms with E-state index < -0.39 is 39.9 Å². The number of carbonyl (C=O) groups is 2. The highest BCUT2D eigenvalue weighted by Gasteiger charge is 2.33. The summed E-state index contributed by atoms with van der Waals surface area (Å²) in [6, 6.07) is 18.7. The fourth-order valence-electron chi connectivity index (χ4n) is 3.88. The molecule has 10 heteroatoms. The molecule has 208 valence electrons. The third-order valence-electron chi connectivity index (χ3n) is 5.88. The number of rotatable bonds is 10. The molecule has 0 saturated heterocycles. The SMILES string of the molecule is COc1cccc(CN(C(=O)CN(c2ccccc2)S(=O)(=O)c2ccc(F)cc2)[C@@H](C)C(=O)NC(C)(C)C)c1. The number of benzene rings is 3. The Balaban J connectivity index is 2.02. The summed E-state index contributed by atoms with van der Waals surface area (Å²) >= 11 is 0. The van der Waals surface area contributed by atoms with Crippen LogP contribution in [0.5, 0.6) is 5.75 Å². The molecule has 0 bridgehead atoms. The van der Waals surface area contributed by atoms with Gasteiger partial charge in [0.2, 0.25) is 11.8 Å². The topological polar surface area (TPSA) is 96.0 Å². The summed E-state index contributed by atoms with van der Waals surface area (Å²) in [7, 11) is -2.73. The van der Waals surface area contributed by atoms with E-state index in [-0.39, 0.29) is 23.0 Å². The Morgan fingerprint density at radius 2 is 1.62 bits per heavy atom. The molecule has 1 N–H and O–H groups in total. The summed E-state index contributed by atoms with van der Waals surface area (Å²) in [4.78, 5) is 28.2. The summed E-state index contributed by atoms with van der Waals surface area (Å²) in [5.74, 6) is -0.980. The number of ether oxygens (including phenoxy) is 1. The Bertz CT molecular complexity index is 1390. The molecule has 3 aromatic carbocycles. The Labute approximate surface area is 229 Å². The van der Waals surface area contributed by atoms with Gasteiger partial charge in [0.05, 0.1) is 17.7 Å². The first-order valence-electron chi connectivity index (χ1n) is 12.4. The molecule has 0 heterocycles. The van der Waals surface area contributed by atoms with Gasteiger partial charge in [-0.3, -0.25) is 13.9 Å². The smallest absolute Gasteiger partial charge is 0.264 e. The summed E-state index contributed by atoms with van der Waals surface area (Å²) in [5, 5.41) is 2.88. The monoisotopic (exact) mass is 555 g/mol. The summed E-state index contributed by atoms with van der Waals surface area (Å²) in [5.41, 5.74) is 0.409. The van der Waals surface area contributed by atoms with Gasteiger partial charge in [0.1, 0.15) is 24.2 Å². The lowest BCUT2D eigenvalue weighted by Gasteiger charge is -2.33. The molecule has 3 aromatic rings. The molecule has 0 aromatic heterocycles. The van der Waals surface area contributed by atoms with Gasteiger partial charge in [-0.15, -0.1) is 0 Å². The lowest BCUT2D eigenvalue weighted by molar-refractivity contribution is -0.140. The molecule has 0 fully saturated rings. The van der Waals surface area contributed by atoms with E-state index in [1.54, 1.807) is 61.5 Å². The number of carbonyl (C=O) groups excluding carboxylic acids is 2. The van der Waals surface area contributed by atoms with Crippen LogP contribution in [0.15, 0.2) is 83.8 Å². The van der Waals surface area contributed by atoms with Gasteiger partial charge in [0, 0.05) is 12.1 Å². The molecule has 0 saturated carbocycles. The minimum Gasteiger partial charge on any atom is -0.497 e. The largest absolute Gasteiger partial charge is 0.497 e. The number of nitrogens with one attached hydrogen (secondary N) is 1. The maximum Gasteiger partial charge on any atom is 0.264 e. The fraction of sp³-hybridized carbons (Fsp3) is 0.310. The predicted octanol–water partition coefficient (Wildman–Crippen LogP) is 4.36. The Hall–Kier alpha value is -3.92. The van der Waals surface area contributed by atoms with Gasteiger partial charge in [0.15, 0.2) is 0 Å². The van der Waals surface area contributed by atoms with Gasteiger partial charge in [-0.1, -0.05) is 30.3 Å². The predicted molar refractivity (Wildman–Crippen MR) is 148 cm³/mol. The van der Waals surface area contributed by atoms with Gasteiger partial charge in [0.25, 0.3) is 10.0 Å². The van der Waals surface area contributed by atoms with Crippen LogP contribution in [0.4, 0.5) is 10.1 Å². The minimum absolute atomic E-state index is 0.0357. The summed E-state index contributed by atoms with van der Waals surface area (Å²) in [6.45, 7) is 6.55. The zero-order valence-corrected chi connectivity index (χ0v) is 23.5. The van der Waals surface area contributed by atoms with E-state index in [0.717, 1.165) is 28.6 Å². The molecule has 1 atom stereocenters. The zero-order valence-electron chi connectivity index (χ0n) is 22.7. The number of amides is 2. The highest BCUT2D eigenvalue weighted by atomic mass is 32.2. The second-order valence-electron chi connectivity index (χ2n) is 10.1. The van der Waals surface area contributed by atoms with Crippen molar-refractivity contribution in [3.05, 3.63) is 90.2 Å². The van der Waals surface area contributed by atoms with E-state index in [9.17, 15) is 22.4 Å². The maximum absolute atomic E-state index is 13.9. The second-order valence-corrected chi connectivity index (χ2v) is 12.0. The van der Waals surface area contributed by atoms with Crippen molar-refractivity contribution < 1.29 is 27.1 Å². The molecule has 39 heavy (non-hydrogen) atoms. The van der Waals surface area contributed by atoms with E-state index in [1.807, 2.05) is 20.8 Å². The average Bonchev–Trinajstić information content (AvgIpc) is 2.89. The molecule has 0 spiro atoms. The molecular weight excluding hydrogens is 521 g/mol.